The molecule has 0 saturated heterocycles. The molecule has 2 saturated carbocycles. The minimum absolute atomic E-state index is 0.437. The first-order valence-corrected chi connectivity index (χ1v) is 11.9. The Morgan fingerprint density at radius 3 is 1.33 bits per heavy atom. The predicted molar refractivity (Wildman–Crippen MR) is 120 cm³/mol. The molecule has 0 aliphatic heterocycles. The van der Waals surface area contributed by atoms with Crippen LogP contribution in [0.15, 0.2) is 0 Å². The number of hydrogen-bond donors (Lipinski definition) is 2. The molecule has 2 aliphatic carbocycles. The van der Waals surface area contributed by atoms with E-state index < -0.39 is 0 Å². The van der Waals surface area contributed by atoms with Gasteiger partial charge in [-0.1, -0.05) is 41.5 Å². The first kappa shape index (κ1) is 23.2. The summed E-state index contributed by atoms with van der Waals surface area (Å²) in [6, 6.07) is 0.894. The molecule has 0 aromatic rings. The van der Waals surface area contributed by atoms with Crippen LogP contribution in [0.3, 0.4) is 0 Å². The van der Waals surface area contributed by atoms with E-state index in [0.717, 1.165) is 23.7 Å². The predicted octanol–water partition coefficient (Wildman–Crippen LogP) is 6.52. The van der Waals surface area contributed by atoms with E-state index in [4.69, 9.17) is 11.5 Å². The van der Waals surface area contributed by atoms with Crippen LogP contribution in [0.2, 0.25) is 0 Å². The highest BCUT2D eigenvalue weighted by Gasteiger charge is 2.34. The molecule has 0 heterocycles. The zero-order valence-corrected chi connectivity index (χ0v) is 19.4. The first-order chi connectivity index (χ1) is 12.4. The van der Waals surface area contributed by atoms with Gasteiger partial charge in [-0.3, -0.25) is 0 Å². The summed E-state index contributed by atoms with van der Waals surface area (Å²) in [6.45, 7) is 14.2. The Morgan fingerprint density at radius 2 is 1.00 bits per heavy atom. The van der Waals surface area contributed by atoms with Gasteiger partial charge in [-0.2, -0.15) is 0 Å². The Morgan fingerprint density at radius 1 is 0.630 bits per heavy atom. The molecule has 0 radical (unpaired) electrons. The van der Waals surface area contributed by atoms with Gasteiger partial charge in [0.25, 0.3) is 0 Å². The molecule has 4 N–H and O–H groups in total. The molecule has 0 aromatic heterocycles. The van der Waals surface area contributed by atoms with Crippen molar-refractivity contribution in [1.29, 1.82) is 0 Å². The summed E-state index contributed by atoms with van der Waals surface area (Å²) in [5.74, 6) is 3.34. The van der Waals surface area contributed by atoms with Gasteiger partial charge in [-0.25, -0.2) is 0 Å². The van der Waals surface area contributed by atoms with E-state index in [1.165, 1.54) is 70.6 Å². The SMILES string of the molecule is CC(C)(C)CCC1CC(CC2CCC(N)C(CCC(C)(C)C)C2)CCC1N. The van der Waals surface area contributed by atoms with E-state index >= 15 is 0 Å². The Bertz CT molecular complexity index is 391. The monoisotopic (exact) mass is 378 g/mol. The molecule has 2 heteroatoms. The molecule has 0 amide bonds. The van der Waals surface area contributed by atoms with Crippen LogP contribution >= 0.6 is 0 Å². The van der Waals surface area contributed by atoms with Gasteiger partial charge in [0.1, 0.15) is 0 Å². The van der Waals surface area contributed by atoms with Gasteiger partial charge in [0.2, 0.25) is 0 Å². The summed E-state index contributed by atoms with van der Waals surface area (Å²) >= 11 is 0. The summed E-state index contributed by atoms with van der Waals surface area (Å²) in [7, 11) is 0. The number of hydrogen-bond acceptors (Lipinski definition) is 2. The topological polar surface area (TPSA) is 52.0 Å². The van der Waals surface area contributed by atoms with Gasteiger partial charge in [-0.15, -0.1) is 0 Å². The number of nitrogens with two attached hydrogens (primary N) is 2. The molecule has 0 bridgehead atoms. The third-order valence-electron chi connectivity index (χ3n) is 7.50. The van der Waals surface area contributed by atoms with Crippen molar-refractivity contribution in [1.82, 2.24) is 0 Å². The van der Waals surface area contributed by atoms with Gasteiger partial charge >= 0.3 is 0 Å². The fraction of sp³-hybridized carbons (Fsp3) is 1.00. The van der Waals surface area contributed by atoms with Crippen LogP contribution in [0.4, 0.5) is 0 Å². The van der Waals surface area contributed by atoms with Crippen molar-refractivity contribution in [2.24, 2.45) is 46.0 Å². The second kappa shape index (κ2) is 9.61. The lowest BCUT2D eigenvalue weighted by Gasteiger charge is -2.40. The quantitative estimate of drug-likeness (QED) is 0.553. The van der Waals surface area contributed by atoms with E-state index in [-0.39, 0.29) is 0 Å². The smallest absolute Gasteiger partial charge is 0.00673 e. The molecule has 6 atom stereocenters. The molecular formula is C25H50N2. The fourth-order valence-electron chi connectivity index (χ4n) is 5.57. The molecule has 0 aromatic carbocycles. The molecule has 6 unspecified atom stereocenters. The van der Waals surface area contributed by atoms with Crippen LogP contribution in [-0.4, -0.2) is 12.1 Å². The van der Waals surface area contributed by atoms with Gasteiger partial charge in [0.15, 0.2) is 0 Å². The maximum absolute atomic E-state index is 6.51. The van der Waals surface area contributed by atoms with Gasteiger partial charge < -0.3 is 11.5 Å². The zero-order chi connectivity index (χ0) is 20.2. The molecule has 27 heavy (non-hydrogen) atoms. The summed E-state index contributed by atoms with van der Waals surface area (Å²) < 4.78 is 0. The number of rotatable bonds is 6. The summed E-state index contributed by atoms with van der Waals surface area (Å²) in [6.07, 6.45) is 14.7. The average Bonchev–Trinajstić information content (AvgIpc) is 2.54. The van der Waals surface area contributed by atoms with E-state index in [0.29, 0.717) is 22.9 Å². The molecule has 2 rings (SSSR count). The lowest BCUT2D eigenvalue weighted by molar-refractivity contribution is 0.139. The summed E-state index contributed by atoms with van der Waals surface area (Å²) in [5, 5.41) is 0. The van der Waals surface area contributed by atoms with Crippen molar-refractivity contribution in [3.63, 3.8) is 0 Å². The summed E-state index contributed by atoms with van der Waals surface area (Å²) in [5.41, 5.74) is 13.9. The molecule has 2 nitrogen and oxygen atoms in total. The third kappa shape index (κ3) is 8.44. The fourth-order valence-corrected chi connectivity index (χ4v) is 5.57. The molecule has 2 fully saturated rings. The van der Waals surface area contributed by atoms with E-state index in [1.54, 1.807) is 0 Å². The van der Waals surface area contributed by atoms with Crippen LogP contribution < -0.4 is 11.5 Å². The lowest BCUT2D eigenvalue weighted by Crippen LogP contribution is -2.39. The van der Waals surface area contributed by atoms with Crippen molar-refractivity contribution in [3.8, 4) is 0 Å². The van der Waals surface area contributed by atoms with Gasteiger partial charge in [0.05, 0.1) is 0 Å². The molecule has 2 aliphatic rings. The van der Waals surface area contributed by atoms with Crippen molar-refractivity contribution in [2.45, 2.75) is 124 Å². The Kier molecular flexibility index (Phi) is 8.26. The highest BCUT2D eigenvalue weighted by Crippen LogP contribution is 2.41. The Labute approximate surface area is 170 Å². The molecule has 0 spiro atoms. The second-order valence-electron chi connectivity index (χ2n) is 12.6. The van der Waals surface area contributed by atoms with Gasteiger partial charge in [0, 0.05) is 12.1 Å². The third-order valence-corrected chi connectivity index (χ3v) is 7.50. The van der Waals surface area contributed by atoms with Crippen LogP contribution in [0.1, 0.15) is 112 Å². The zero-order valence-electron chi connectivity index (χ0n) is 19.4. The van der Waals surface area contributed by atoms with E-state index in [1.807, 2.05) is 0 Å². The van der Waals surface area contributed by atoms with Crippen LogP contribution in [0, 0.1) is 34.5 Å². The largest absolute Gasteiger partial charge is 0.327 e. The van der Waals surface area contributed by atoms with E-state index in [2.05, 4.69) is 41.5 Å². The summed E-state index contributed by atoms with van der Waals surface area (Å²) in [4.78, 5) is 0. The van der Waals surface area contributed by atoms with Crippen molar-refractivity contribution in [2.75, 3.05) is 0 Å². The molecular weight excluding hydrogens is 328 g/mol. The standard InChI is InChI=1S/C25H50N2/c1-24(2,3)13-11-20-16-18(7-9-22(20)26)15-19-8-10-23(27)21(17-19)12-14-25(4,5)6/h18-23H,7-17,26-27H2,1-6H3. The van der Waals surface area contributed by atoms with Crippen LogP contribution in [-0.2, 0) is 0 Å². The van der Waals surface area contributed by atoms with Crippen LogP contribution in [0.25, 0.3) is 0 Å². The van der Waals surface area contributed by atoms with Gasteiger partial charge in [-0.05, 0) is 105 Å². The first-order valence-electron chi connectivity index (χ1n) is 11.9. The van der Waals surface area contributed by atoms with Crippen molar-refractivity contribution >= 4 is 0 Å². The minimum atomic E-state index is 0.437. The lowest BCUT2D eigenvalue weighted by atomic mass is 9.68. The highest BCUT2D eigenvalue weighted by atomic mass is 14.7. The Balaban J connectivity index is 1.82. The van der Waals surface area contributed by atoms with Crippen LogP contribution in [0.5, 0.6) is 0 Å². The minimum Gasteiger partial charge on any atom is -0.327 e. The second-order valence-corrected chi connectivity index (χ2v) is 12.6. The van der Waals surface area contributed by atoms with Crippen molar-refractivity contribution in [3.05, 3.63) is 0 Å². The highest BCUT2D eigenvalue weighted by molar-refractivity contribution is 4.88. The average molecular weight is 379 g/mol. The normalized spacial score (nSPS) is 36.0. The Hall–Kier alpha value is -0.0800. The maximum atomic E-state index is 6.51. The molecule has 160 valence electrons. The maximum Gasteiger partial charge on any atom is 0.00673 e. The van der Waals surface area contributed by atoms with Crippen molar-refractivity contribution < 1.29 is 0 Å². The van der Waals surface area contributed by atoms with E-state index in [9.17, 15) is 0 Å².